The van der Waals surface area contributed by atoms with Crippen LogP contribution in [0.1, 0.15) is 72.6 Å². The highest BCUT2D eigenvalue weighted by atomic mass is 35.5. The lowest BCUT2D eigenvalue weighted by atomic mass is 9.82. The Balaban J connectivity index is 1.35. The van der Waals surface area contributed by atoms with Gasteiger partial charge in [-0.15, -0.1) is 0 Å². The molecule has 0 fully saturated rings. The van der Waals surface area contributed by atoms with E-state index in [0.29, 0.717) is 28.3 Å². The molecular formula is C41H42ClFN2O5S. The summed E-state index contributed by atoms with van der Waals surface area (Å²) < 4.78 is 45.3. The van der Waals surface area contributed by atoms with Crippen LogP contribution in [0.3, 0.4) is 0 Å². The molecule has 0 aromatic heterocycles. The van der Waals surface area contributed by atoms with Gasteiger partial charge in [0, 0.05) is 28.4 Å². The van der Waals surface area contributed by atoms with Crippen molar-refractivity contribution in [1.29, 1.82) is 0 Å². The molecule has 1 atom stereocenters. The van der Waals surface area contributed by atoms with Gasteiger partial charge in [0.1, 0.15) is 5.67 Å². The summed E-state index contributed by atoms with van der Waals surface area (Å²) in [6, 6.07) is 27.2. The molecule has 5 rings (SSSR count). The molecule has 266 valence electrons. The van der Waals surface area contributed by atoms with Gasteiger partial charge in [0.05, 0.1) is 11.7 Å². The minimum Gasteiger partial charge on any atom is -0.351 e. The molecule has 0 saturated heterocycles. The summed E-state index contributed by atoms with van der Waals surface area (Å²) in [6.07, 6.45) is 7.86. The first-order valence-corrected chi connectivity index (χ1v) is 18.7. The largest absolute Gasteiger partial charge is 0.351 e. The Labute approximate surface area is 304 Å². The van der Waals surface area contributed by atoms with Crippen molar-refractivity contribution in [1.82, 2.24) is 5.32 Å². The van der Waals surface area contributed by atoms with Crippen LogP contribution < -0.4 is 10.6 Å². The lowest BCUT2D eigenvalue weighted by Gasteiger charge is -2.23. The molecule has 10 heteroatoms. The second-order valence-electron chi connectivity index (χ2n) is 14.0. The van der Waals surface area contributed by atoms with E-state index in [9.17, 15) is 22.4 Å². The number of hydrogen-bond acceptors (Lipinski definition) is 4. The van der Waals surface area contributed by atoms with Gasteiger partial charge >= 0.3 is 0 Å². The highest BCUT2D eigenvalue weighted by Gasteiger charge is 2.24. The van der Waals surface area contributed by atoms with E-state index >= 15 is 0 Å². The van der Waals surface area contributed by atoms with Crippen LogP contribution in [0.4, 0.5) is 10.1 Å². The van der Waals surface area contributed by atoms with Gasteiger partial charge in [0.2, 0.25) is 5.91 Å². The molecule has 0 heterocycles. The van der Waals surface area contributed by atoms with Crippen molar-refractivity contribution < 1.29 is 27.0 Å². The third kappa shape index (κ3) is 10.3. The molecular weight excluding hydrogens is 687 g/mol. The monoisotopic (exact) mass is 728 g/mol. The van der Waals surface area contributed by atoms with Crippen LogP contribution in [0.15, 0.2) is 109 Å². The number of hydrogen-bond donors (Lipinski definition) is 3. The van der Waals surface area contributed by atoms with Crippen molar-refractivity contribution in [3.8, 4) is 11.1 Å². The minimum absolute atomic E-state index is 0.116. The first-order valence-electron chi connectivity index (χ1n) is 16.7. The average Bonchev–Trinajstić information content (AvgIpc) is 3.07. The molecule has 7 nitrogen and oxygen atoms in total. The smallest absolute Gasteiger partial charge is 0.266 e. The fourth-order valence-electron chi connectivity index (χ4n) is 5.81. The summed E-state index contributed by atoms with van der Waals surface area (Å²) in [7, 11) is -4.19. The van der Waals surface area contributed by atoms with Crippen LogP contribution in [-0.4, -0.2) is 37.1 Å². The van der Waals surface area contributed by atoms with Crippen LogP contribution in [-0.2, 0) is 27.0 Å². The second kappa shape index (κ2) is 15.4. The van der Waals surface area contributed by atoms with Gasteiger partial charge in [0.15, 0.2) is 0 Å². The standard InChI is InChI=1S/C41H42ClFN2O5S/c1-40(2)21-19-29(20-22-40)28-9-11-31(12-10-28)36(25-27-5-7-32(8-6-27)38(46)44-23-24-51(48,49)50)39(47)45-34-16-13-30(14-17-34)35-18-15-33(26-37(35)42)41(3,4)43/h5-21,26,36H,22-25H2,1-4H3,(H,44,46)(H,45,47)(H,48,49,50). The Bertz CT molecular complexity index is 2070. The van der Waals surface area contributed by atoms with E-state index in [1.807, 2.05) is 36.4 Å². The summed E-state index contributed by atoms with van der Waals surface area (Å²) in [4.78, 5) is 26.5. The lowest BCUT2D eigenvalue weighted by molar-refractivity contribution is -0.117. The van der Waals surface area contributed by atoms with Gasteiger partial charge in [-0.2, -0.15) is 8.42 Å². The van der Waals surface area contributed by atoms with Crippen molar-refractivity contribution in [2.24, 2.45) is 5.41 Å². The van der Waals surface area contributed by atoms with Crippen LogP contribution in [0, 0.1) is 5.41 Å². The topological polar surface area (TPSA) is 113 Å². The van der Waals surface area contributed by atoms with Gasteiger partial charge in [-0.3, -0.25) is 14.1 Å². The maximum Gasteiger partial charge on any atom is 0.266 e. The van der Waals surface area contributed by atoms with Crippen LogP contribution in [0.2, 0.25) is 5.02 Å². The minimum atomic E-state index is -4.19. The molecule has 4 aromatic carbocycles. The molecule has 0 bridgehead atoms. The number of rotatable bonds is 12. The van der Waals surface area contributed by atoms with E-state index in [4.69, 9.17) is 16.2 Å². The molecule has 0 radical (unpaired) electrons. The summed E-state index contributed by atoms with van der Waals surface area (Å²) in [5, 5.41) is 5.97. The summed E-state index contributed by atoms with van der Waals surface area (Å²) >= 11 is 6.52. The highest BCUT2D eigenvalue weighted by molar-refractivity contribution is 7.85. The SMILES string of the molecule is CC1(C)C=CC(c2ccc(C(Cc3ccc(C(=O)NCCS(=O)(=O)O)cc3)C(=O)Nc3ccc(-c4ccc(C(C)(C)F)cc4Cl)cc3)cc2)=CC1. The number of benzene rings is 4. The third-order valence-electron chi connectivity index (χ3n) is 8.95. The fraction of sp³-hybridized carbons (Fsp3) is 0.268. The molecule has 0 saturated carbocycles. The van der Waals surface area contributed by atoms with Gasteiger partial charge in [-0.1, -0.05) is 104 Å². The number of carbonyl (C=O) groups excluding carboxylic acids is 2. The van der Waals surface area contributed by atoms with Gasteiger partial charge < -0.3 is 10.6 Å². The zero-order valence-electron chi connectivity index (χ0n) is 29.0. The molecule has 3 N–H and O–H groups in total. The Kier molecular flexibility index (Phi) is 11.3. The summed E-state index contributed by atoms with van der Waals surface area (Å²) in [5.41, 5.74) is 5.42. The number of carbonyl (C=O) groups is 2. The quantitative estimate of drug-likeness (QED) is 0.126. The summed E-state index contributed by atoms with van der Waals surface area (Å²) in [6.45, 7) is 7.13. The van der Waals surface area contributed by atoms with E-state index in [1.54, 1.807) is 54.6 Å². The van der Waals surface area contributed by atoms with E-state index in [0.717, 1.165) is 39.8 Å². The number of anilines is 1. The third-order valence-corrected chi connectivity index (χ3v) is 9.98. The zero-order valence-corrected chi connectivity index (χ0v) is 30.6. The van der Waals surface area contributed by atoms with Gasteiger partial charge in [-0.05, 0) is 95.8 Å². The van der Waals surface area contributed by atoms with E-state index in [1.165, 1.54) is 13.8 Å². The van der Waals surface area contributed by atoms with Crippen molar-refractivity contribution in [2.45, 2.75) is 52.1 Å². The molecule has 51 heavy (non-hydrogen) atoms. The Morgan fingerprint density at radius 2 is 1.59 bits per heavy atom. The first kappa shape index (κ1) is 37.7. The van der Waals surface area contributed by atoms with Crippen molar-refractivity contribution in [2.75, 3.05) is 17.6 Å². The molecule has 0 aliphatic heterocycles. The van der Waals surface area contributed by atoms with E-state index < -0.39 is 33.4 Å². The number of halogens is 2. The second-order valence-corrected chi connectivity index (χ2v) is 16.0. The first-order chi connectivity index (χ1) is 24.0. The average molecular weight is 729 g/mol. The van der Waals surface area contributed by atoms with Crippen molar-refractivity contribution >= 4 is 44.8 Å². The molecule has 1 aliphatic rings. The van der Waals surface area contributed by atoms with E-state index in [2.05, 4.69) is 42.7 Å². The van der Waals surface area contributed by atoms with Crippen molar-refractivity contribution in [3.63, 3.8) is 0 Å². The van der Waals surface area contributed by atoms with Gasteiger partial charge in [0.25, 0.3) is 16.0 Å². The fourth-order valence-corrected chi connectivity index (χ4v) is 6.46. The number of alkyl halides is 1. The lowest BCUT2D eigenvalue weighted by Crippen LogP contribution is -2.28. The zero-order chi connectivity index (χ0) is 37.0. The van der Waals surface area contributed by atoms with Crippen LogP contribution in [0.5, 0.6) is 0 Å². The summed E-state index contributed by atoms with van der Waals surface area (Å²) in [5.74, 6) is -1.85. The molecule has 1 aliphatic carbocycles. The maximum atomic E-state index is 14.4. The number of amides is 2. The highest BCUT2D eigenvalue weighted by Crippen LogP contribution is 2.35. The number of nitrogens with one attached hydrogen (secondary N) is 2. The maximum absolute atomic E-state index is 14.4. The molecule has 4 aromatic rings. The van der Waals surface area contributed by atoms with Crippen LogP contribution in [0.25, 0.3) is 16.7 Å². The normalized spacial score (nSPS) is 14.8. The predicted molar refractivity (Wildman–Crippen MR) is 203 cm³/mol. The predicted octanol–water partition coefficient (Wildman–Crippen LogP) is 9.16. The Morgan fingerprint density at radius 1 is 0.941 bits per heavy atom. The molecule has 0 spiro atoms. The van der Waals surface area contributed by atoms with Crippen molar-refractivity contribution in [3.05, 3.63) is 142 Å². The number of allylic oxidation sites excluding steroid dienone is 4. The Morgan fingerprint density at radius 3 is 2.16 bits per heavy atom. The van der Waals surface area contributed by atoms with Gasteiger partial charge in [-0.25, -0.2) is 4.39 Å². The Hall–Kier alpha value is -4.57. The molecule has 2 amide bonds. The molecule has 1 unspecified atom stereocenters. The van der Waals surface area contributed by atoms with E-state index in [-0.39, 0.29) is 17.9 Å². The van der Waals surface area contributed by atoms with Crippen LogP contribution >= 0.6 is 11.6 Å².